The Labute approximate surface area is 143 Å². The Morgan fingerprint density at radius 1 is 0.957 bits per heavy atom. The summed E-state index contributed by atoms with van der Waals surface area (Å²) in [4.78, 5) is 12.4. The van der Waals surface area contributed by atoms with Crippen LogP contribution in [0.1, 0.15) is 5.56 Å². The van der Waals surface area contributed by atoms with Crippen molar-refractivity contribution in [2.75, 3.05) is 10.6 Å². The minimum absolute atomic E-state index is 0.529. The van der Waals surface area contributed by atoms with Crippen LogP contribution < -0.4 is 10.6 Å². The van der Waals surface area contributed by atoms with Crippen molar-refractivity contribution in [1.82, 2.24) is 15.0 Å². The van der Waals surface area contributed by atoms with E-state index in [0.717, 1.165) is 5.56 Å². The van der Waals surface area contributed by atoms with Crippen LogP contribution in [0.3, 0.4) is 0 Å². The van der Waals surface area contributed by atoms with Gasteiger partial charge in [-0.05, 0) is 23.8 Å². The molecule has 1 aromatic carbocycles. The number of nitrogens with zero attached hydrogens (tertiary/aromatic N) is 3. The van der Waals surface area contributed by atoms with E-state index in [1.807, 2.05) is 12.1 Å². The Bertz CT molecular complexity index is 775. The molecule has 0 aliphatic heterocycles. The number of hydrogen-bond acceptors (Lipinski definition) is 5. The van der Waals surface area contributed by atoms with Gasteiger partial charge >= 0.3 is 0 Å². The summed E-state index contributed by atoms with van der Waals surface area (Å²) in [5, 5.41) is 7.39. The molecule has 7 heteroatoms. The predicted octanol–water partition coefficient (Wildman–Crippen LogP) is 4.53. The van der Waals surface area contributed by atoms with Gasteiger partial charge in [-0.2, -0.15) is 0 Å². The highest BCUT2D eigenvalue weighted by atomic mass is 35.5. The molecule has 23 heavy (non-hydrogen) atoms. The van der Waals surface area contributed by atoms with Gasteiger partial charge in [0.25, 0.3) is 0 Å². The number of hydrogen-bond donors (Lipinski definition) is 2. The molecule has 0 saturated carbocycles. The molecular weight excluding hydrogens is 333 g/mol. The Balaban J connectivity index is 1.72. The summed E-state index contributed by atoms with van der Waals surface area (Å²) in [7, 11) is 0. The van der Waals surface area contributed by atoms with Crippen LogP contribution in [-0.2, 0) is 6.54 Å². The van der Waals surface area contributed by atoms with Crippen molar-refractivity contribution >= 4 is 40.5 Å². The molecule has 3 aromatic rings. The van der Waals surface area contributed by atoms with Gasteiger partial charge < -0.3 is 10.6 Å². The Kier molecular flexibility index (Phi) is 4.90. The molecule has 116 valence electrons. The van der Waals surface area contributed by atoms with Crippen LogP contribution >= 0.6 is 23.2 Å². The van der Waals surface area contributed by atoms with Gasteiger partial charge in [0, 0.05) is 25.0 Å². The number of rotatable bonds is 5. The van der Waals surface area contributed by atoms with Crippen molar-refractivity contribution < 1.29 is 0 Å². The minimum atomic E-state index is 0.529. The lowest BCUT2D eigenvalue weighted by Gasteiger charge is -2.11. The lowest BCUT2D eigenvalue weighted by molar-refractivity contribution is 1.07. The van der Waals surface area contributed by atoms with E-state index in [-0.39, 0.29) is 0 Å². The van der Waals surface area contributed by atoms with E-state index in [2.05, 4.69) is 25.6 Å². The molecule has 0 aliphatic rings. The fourth-order valence-electron chi connectivity index (χ4n) is 1.96. The lowest BCUT2D eigenvalue weighted by atomic mass is 10.3. The van der Waals surface area contributed by atoms with Crippen molar-refractivity contribution in [3.63, 3.8) is 0 Å². The van der Waals surface area contributed by atoms with E-state index in [4.69, 9.17) is 23.2 Å². The topological polar surface area (TPSA) is 62.7 Å². The molecule has 0 spiro atoms. The van der Waals surface area contributed by atoms with Gasteiger partial charge in [-0.25, -0.2) is 9.97 Å². The number of pyridine rings is 1. The van der Waals surface area contributed by atoms with Crippen LogP contribution in [0.5, 0.6) is 0 Å². The molecule has 0 aliphatic carbocycles. The van der Waals surface area contributed by atoms with Crippen molar-refractivity contribution in [3.8, 4) is 0 Å². The summed E-state index contributed by atoms with van der Waals surface area (Å²) >= 11 is 12.3. The van der Waals surface area contributed by atoms with Crippen molar-refractivity contribution in [2.45, 2.75) is 6.54 Å². The number of halogens is 2. The first-order chi connectivity index (χ1) is 11.2. The van der Waals surface area contributed by atoms with E-state index in [9.17, 15) is 0 Å². The number of para-hydroxylation sites is 1. The molecule has 2 aromatic heterocycles. The molecule has 0 unspecified atom stereocenters. The van der Waals surface area contributed by atoms with Gasteiger partial charge in [0.15, 0.2) is 0 Å². The molecule has 0 radical (unpaired) electrons. The molecule has 5 nitrogen and oxygen atoms in total. The van der Waals surface area contributed by atoms with Gasteiger partial charge in [-0.15, -0.1) is 0 Å². The first kappa shape index (κ1) is 15.5. The summed E-state index contributed by atoms with van der Waals surface area (Å²) in [5.41, 5.74) is 1.68. The first-order valence-corrected chi connectivity index (χ1v) is 7.64. The lowest BCUT2D eigenvalue weighted by Crippen LogP contribution is -2.03. The second kappa shape index (κ2) is 7.26. The third kappa shape index (κ3) is 4.09. The highest BCUT2D eigenvalue weighted by Gasteiger charge is 2.07. The SMILES string of the molecule is Clc1cccc(Cl)c1Nc1cc(NCc2cccnc2)ncn1. The second-order valence-electron chi connectivity index (χ2n) is 4.72. The van der Waals surface area contributed by atoms with Crippen molar-refractivity contribution in [3.05, 3.63) is 70.7 Å². The number of benzene rings is 1. The average Bonchev–Trinajstić information content (AvgIpc) is 2.58. The van der Waals surface area contributed by atoms with Gasteiger partial charge in [-0.3, -0.25) is 4.98 Å². The van der Waals surface area contributed by atoms with Gasteiger partial charge in [0.05, 0.1) is 15.7 Å². The summed E-state index contributed by atoms with van der Waals surface area (Å²) in [6.07, 6.45) is 5.01. The monoisotopic (exact) mass is 345 g/mol. The van der Waals surface area contributed by atoms with Gasteiger partial charge in [0.2, 0.25) is 0 Å². The molecule has 0 bridgehead atoms. The maximum absolute atomic E-state index is 6.15. The van der Waals surface area contributed by atoms with E-state index in [0.29, 0.717) is 33.9 Å². The smallest absolute Gasteiger partial charge is 0.135 e. The highest BCUT2D eigenvalue weighted by molar-refractivity contribution is 6.39. The summed E-state index contributed by atoms with van der Waals surface area (Å²) in [6, 6.07) is 11.0. The third-order valence-corrected chi connectivity index (χ3v) is 3.71. The Morgan fingerprint density at radius 3 is 2.48 bits per heavy atom. The number of aromatic nitrogens is 3. The standard InChI is InChI=1S/C16H13Cl2N5/c17-12-4-1-5-13(18)16(12)23-15-7-14(21-10-22-15)20-9-11-3-2-6-19-8-11/h1-8,10H,9H2,(H2,20,21,22,23). The highest BCUT2D eigenvalue weighted by Crippen LogP contribution is 2.32. The minimum Gasteiger partial charge on any atom is -0.366 e. The molecule has 0 saturated heterocycles. The Hall–Kier alpha value is -2.37. The van der Waals surface area contributed by atoms with E-state index in [1.165, 1.54) is 6.33 Å². The quantitative estimate of drug-likeness (QED) is 0.710. The van der Waals surface area contributed by atoms with Crippen LogP contribution in [0, 0.1) is 0 Å². The van der Waals surface area contributed by atoms with Crippen LogP contribution in [0.4, 0.5) is 17.3 Å². The zero-order chi connectivity index (χ0) is 16.1. The van der Waals surface area contributed by atoms with Gasteiger partial charge in [-0.1, -0.05) is 35.3 Å². The van der Waals surface area contributed by atoms with Crippen molar-refractivity contribution in [1.29, 1.82) is 0 Å². The molecule has 0 fully saturated rings. The number of nitrogens with one attached hydrogen (secondary N) is 2. The second-order valence-corrected chi connectivity index (χ2v) is 5.54. The maximum Gasteiger partial charge on any atom is 0.135 e. The molecular formula is C16H13Cl2N5. The summed E-state index contributed by atoms with van der Waals surface area (Å²) in [6.45, 7) is 0.622. The zero-order valence-corrected chi connectivity index (χ0v) is 13.5. The van der Waals surface area contributed by atoms with E-state index in [1.54, 1.807) is 36.7 Å². The van der Waals surface area contributed by atoms with Crippen LogP contribution in [-0.4, -0.2) is 15.0 Å². The number of anilines is 3. The molecule has 2 heterocycles. The summed E-state index contributed by atoms with van der Waals surface area (Å²) in [5.74, 6) is 1.29. The molecule has 3 rings (SSSR count). The van der Waals surface area contributed by atoms with E-state index < -0.39 is 0 Å². The largest absolute Gasteiger partial charge is 0.366 e. The fraction of sp³-hybridized carbons (Fsp3) is 0.0625. The Morgan fingerprint density at radius 2 is 1.74 bits per heavy atom. The first-order valence-electron chi connectivity index (χ1n) is 6.88. The predicted molar refractivity (Wildman–Crippen MR) is 93.3 cm³/mol. The molecule has 2 N–H and O–H groups in total. The molecule has 0 atom stereocenters. The molecule has 0 amide bonds. The van der Waals surface area contributed by atoms with Crippen LogP contribution in [0.25, 0.3) is 0 Å². The van der Waals surface area contributed by atoms with Crippen molar-refractivity contribution in [2.24, 2.45) is 0 Å². The fourth-order valence-corrected chi connectivity index (χ4v) is 2.45. The third-order valence-electron chi connectivity index (χ3n) is 3.08. The zero-order valence-electron chi connectivity index (χ0n) is 12.0. The maximum atomic E-state index is 6.15. The van der Waals surface area contributed by atoms with E-state index >= 15 is 0 Å². The average molecular weight is 346 g/mol. The van der Waals surface area contributed by atoms with Crippen LogP contribution in [0.2, 0.25) is 10.0 Å². The van der Waals surface area contributed by atoms with Crippen LogP contribution in [0.15, 0.2) is 55.1 Å². The normalized spacial score (nSPS) is 10.3. The summed E-state index contributed by atoms with van der Waals surface area (Å²) < 4.78 is 0. The van der Waals surface area contributed by atoms with Gasteiger partial charge in [0.1, 0.15) is 18.0 Å².